The van der Waals surface area contributed by atoms with Crippen molar-refractivity contribution in [3.05, 3.63) is 89.2 Å². The maximum Gasteiger partial charge on any atom is 0.257 e. The van der Waals surface area contributed by atoms with E-state index in [2.05, 4.69) is 48.9 Å². The Morgan fingerprint density at radius 3 is 2.34 bits per heavy atom. The van der Waals surface area contributed by atoms with Gasteiger partial charge in [0.15, 0.2) is 6.61 Å². The van der Waals surface area contributed by atoms with Crippen molar-refractivity contribution < 1.29 is 14.3 Å². The molecule has 4 aromatic rings. The quantitative estimate of drug-likeness (QED) is 0.209. The predicted octanol–water partition coefficient (Wildman–Crippen LogP) is 6.58. The van der Waals surface area contributed by atoms with Crippen LogP contribution in [0.25, 0.3) is 11.0 Å². The molecule has 7 heteroatoms. The lowest BCUT2D eigenvalue weighted by atomic mass is 9.87. The highest BCUT2D eigenvalue weighted by Gasteiger charge is 2.13. The molecule has 1 N–H and O–H groups in total. The van der Waals surface area contributed by atoms with E-state index in [4.69, 9.17) is 26.1 Å². The van der Waals surface area contributed by atoms with Crippen molar-refractivity contribution in [3.63, 3.8) is 0 Å². The minimum Gasteiger partial charge on any atom is -0.494 e. The molecule has 0 atom stereocenters. The van der Waals surface area contributed by atoms with Crippen LogP contribution in [-0.2, 0) is 23.2 Å². The number of halogens is 1. The summed E-state index contributed by atoms with van der Waals surface area (Å²) in [6, 6.07) is 23.5. The van der Waals surface area contributed by atoms with Gasteiger partial charge in [0.2, 0.25) is 0 Å². The van der Waals surface area contributed by atoms with Gasteiger partial charge in [-0.2, -0.15) is 0 Å². The zero-order chi connectivity index (χ0) is 27.0. The number of aryl methyl sites for hydroxylation is 2. The van der Waals surface area contributed by atoms with Crippen LogP contribution in [0.2, 0.25) is 5.02 Å². The van der Waals surface area contributed by atoms with Gasteiger partial charge < -0.3 is 19.4 Å². The van der Waals surface area contributed by atoms with Crippen LogP contribution in [0.1, 0.15) is 45.0 Å². The van der Waals surface area contributed by atoms with Crippen LogP contribution in [0.15, 0.2) is 72.8 Å². The molecule has 200 valence electrons. The van der Waals surface area contributed by atoms with Crippen molar-refractivity contribution in [3.8, 4) is 11.5 Å². The number of fused-ring (bicyclic) bond motifs is 1. The summed E-state index contributed by atoms with van der Waals surface area (Å²) in [5.74, 6) is 2.38. The molecule has 0 aliphatic heterocycles. The number of carbonyl (C=O) groups excluding carboxylic acids is 1. The first-order valence-corrected chi connectivity index (χ1v) is 13.5. The molecule has 38 heavy (non-hydrogen) atoms. The lowest BCUT2D eigenvalue weighted by Gasteiger charge is -2.19. The standard InChI is InChI=1S/C31H36ClN3O3/c1-31(2,3)23-11-15-25(16-12-23)37-21-7-20-35-28-9-5-4-8-27(28)34-29(35)10-6-19-33-30(36)22-38-26-17-13-24(32)14-18-26/h4-5,8-9,11-18H,6-7,10,19-22H2,1-3H3,(H,33,36). The number of imidazole rings is 1. The summed E-state index contributed by atoms with van der Waals surface area (Å²) in [6.45, 7) is 8.60. The van der Waals surface area contributed by atoms with Gasteiger partial charge in [-0.3, -0.25) is 4.79 Å². The maximum atomic E-state index is 12.2. The molecule has 0 radical (unpaired) electrons. The third kappa shape index (κ3) is 7.75. The van der Waals surface area contributed by atoms with Gasteiger partial charge in [-0.05, 0) is 72.4 Å². The lowest BCUT2D eigenvalue weighted by molar-refractivity contribution is -0.123. The zero-order valence-corrected chi connectivity index (χ0v) is 23.1. The van der Waals surface area contributed by atoms with Crippen molar-refractivity contribution in [1.82, 2.24) is 14.9 Å². The van der Waals surface area contributed by atoms with Gasteiger partial charge in [0.25, 0.3) is 5.91 Å². The number of benzene rings is 3. The van der Waals surface area contributed by atoms with E-state index in [1.807, 2.05) is 30.3 Å². The van der Waals surface area contributed by atoms with E-state index in [0.29, 0.717) is 23.9 Å². The van der Waals surface area contributed by atoms with E-state index in [9.17, 15) is 4.79 Å². The number of hydrogen-bond acceptors (Lipinski definition) is 4. The van der Waals surface area contributed by atoms with Crippen LogP contribution >= 0.6 is 11.6 Å². The molecular formula is C31H36ClN3O3. The van der Waals surface area contributed by atoms with E-state index in [-0.39, 0.29) is 17.9 Å². The number of rotatable bonds is 12. The first-order chi connectivity index (χ1) is 18.3. The summed E-state index contributed by atoms with van der Waals surface area (Å²) in [6.07, 6.45) is 2.42. The van der Waals surface area contributed by atoms with Gasteiger partial charge in [-0.15, -0.1) is 0 Å². The van der Waals surface area contributed by atoms with Crippen molar-refractivity contribution in [2.24, 2.45) is 0 Å². The second kappa shape index (κ2) is 12.8. The molecule has 4 rings (SSSR count). The fourth-order valence-electron chi connectivity index (χ4n) is 4.23. The topological polar surface area (TPSA) is 65.4 Å². The number of hydrogen-bond donors (Lipinski definition) is 1. The molecular weight excluding hydrogens is 498 g/mol. The van der Waals surface area contributed by atoms with Crippen LogP contribution in [-0.4, -0.2) is 35.2 Å². The number of carbonyl (C=O) groups is 1. The van der Waals surface area contributed by atoms with Gasteiger partial charge >= 0.3 is 0 Å². The summed E-state index contributed by atoms with van der Waals surface area (Å²) < 4.78 is 13.8. The van der Waals surface area contributed by atoms with E-state index in [0.717, 1.165) is 48.4 Å². The Morgan fingerprint density at radius 2 is 1.61 bits per heavy atom. The average Bonchev–Trinajstić information content (AvgIpc) is 3.26. The van der Waals surface area contributed by atoms with E-state index in [1.54, 1.807) is 24.3 Å². The Bertz CT molecular complexity index is 1330. The molecule has 0 saturated carbocycles. The number of amides is 1. The Hall–Kier alpha value is -3.51. The van der Waals surface area contributed by atoms with Crippen molar-refractivity contribution in [1.29, 1.82) is 0 Å². The number of ether oxygens (including phenoxy) is 2. The molecule has 1 heterocycles. The van der Waals surface area contributed by atoms with Gasteiger partial charge in [-0.25, -0.2) is 4.98 Å². The summed E-state index contributed by atoms with van der Waals surface area (Å²) in [5.41, 5.74) is 3.54. The lowest BCUT2D eigenvalue weighted by Crippen LogP contribution is -2.30. The summed E-state index contributed by atoms with van der Waals surface area (Å²) in [4.78, 5) is 17.0. The van der Waals surface area contributed by atoms with E-state index < -0.39 is 0 Å². The molecule has 1 amide bonds. The number of para-hydroxylation sites is 2. The van der Waals surface area contributed by atoms with Crippen LogP contribution in [0.5, 0.6) is 11.5 Å². The number of nitrogens with zero attached hydrogens (tertiary/aromatic N) is 2. The molecule has 1 aromatic heterocycles. The monoisotopic (exact) mass is 533 g/mol. The smallest absolute Gasteiger partial charge is 0.257 e. The second-order valence-electron chi connectivity index (χ2n) is 10.3. The second-order valence-corrected chi connectivity index (χ2v) is 10.8. The minimum atomic E-state index is -0.152. The fraction of sp³-hybridized carbons (Fsp3) is 0.355. The Kier molecular flexibility index (Phi) is 9.29. The third-order valence-electron chi connectivity index (χ3n) is 6.33. The third-order valence-corrected chi connectivity index (χ3v) is 6.58. The molecule has 0 saturated heterocycles. The molecule has 0 spiro atoms. The van der Waals surface area contributed by atoms with Gasteiger partial charge in [0.05, 0.1) is 17.6 Å². The largest absolute Gasteiger partial charge is 0.494 e. The fourth-order valence-corrected chi connectivity index (χ4v) is 4.36. The highest BCUT2D eigenvalue weighted by atomic mass is 35.5. The summed E-state index contributed by atoms with van der Waals surface area (Å²) in [5, 5.41) is 3.56. The van der Waals surface area contributed by atoms with E-state index >= 15 is 0 Å². The molecule has 0 aliphatic rings. The molecule has 6 nitrogen and oxygen atoms in total. The van der Waals surface area contributed by atoms with Crippen molar-refractivity contribution in [2.45, 2.75) is 52.0 Å². The van der Waals surface area contributed by atoms with E-state index in [1.165, 1.54) is 5.56 Å². The zero-order valence-electron chi connectivity index (χ0n) is 22.4. The molecule has 3 aromatic carbocycles. The van der Waals surface area contributed by atoms with Gasteiger partial charge in [0, 0.05) is 24.5 Å². The van der Waals surface area contributed by atoms with Crippen molar-refractivity contribution in [2.75, 3.05) is 19.8 Å². The Morgan fingerprint density at radius 1 is 0.921 bits per heavy atom. The van der Waals surface area contributed by atoms with Crippen LogP contribution < -0.4 is 14.8 Å². The normalized spacial score (nSPS) is 11.5. The van der Waals surface area contributed by atoms with Crippen molar-refractivity contribution >= 4 is 28.5 Å². The van der Waals surface area contributed by atoms with Crippen LogP contribution in [0, 0.1) is 0 Å². The highest BCUT2D eigenvalue weighted by Crippen LogP contribution is 2.24. The predicted molar refractivity (Wildman–Crippen MR) is 153 cm³/mol. The molecule has 0 bridgehead atoms. The first-order valence-electron chi connectivity index (χ1n) is 13.1. The van der Waals surface area contributed by atoms with Crippen LogP contribution in [0.4, 0.5) is 0 Å². The molecule has 0 aliphatic carbocycles. The SMILES string of the molecule is CC(C)(C)c1ccc(OCCCn2c(CCCNC(=O)COc3ccc(Cl)cc3)nc3ccccc32)cc1. The number of aromatic nitrogens is 2. The average molecular weight is 534 g/mol. The summed E-state index contributed by atoms with van der Waals surface area (Å²) >= 11 is 5.88. The Labute approximate surface area is 229 Å². The first kappa shape index (κ1) is 27.5. The number of nitrogens with one attached hydrogen (secondary N) is 1. The van der Waals surface area contributed by atoms with Crippen LogP contribution in [0.3, 0.4) is 0 Å². The minimum absolute atomic E-state index is 0.0287. The van der Waals surface area contributed by atoms with Gasteiger partial charge in [-0.1, -0.05) is 56.6 Å². The Balaban J connectivity index is 1.25. The highest BCUT2D eigenvalue weighted by molar-refractivity contribution is 6.30. The molecule has 0 fully saturated rings. The van der Waals surface area contributed by atoms with Gasteiger partial charge in [0.1, 0.15) is 17.3 Å². The maximum absolute atomic E-state index is 12.2. The summed E-state index contributed by atoms with van der Waals surface area (Å²) in [7, 11) is 0. The molecule has 0 unspecified atom stereocenters.